The molecule has 74 heavy (non-hydrogen) atoms. The molecule has 4 aliphatic rings. The highest BCUT2D eigenvalue weighted by Gasteiger charge is 2.79. The largest absolute Gasteiger partial charge is 0.456 e. The van der Waals surface area contributed by atoms with E-state index in [9.17, 15) is 24.3 Å². The highest BCUT2D eigenvalue weighted by atomic mass is 28.4. The van der Waals surface area contributed by atoms with Gasteiger partial charge in [0.1, 0.15) is 23.9 Å². The molecule has 16 nitrogen and oxygen atoms in total. The fraction of sp³-hybridized carbons (Fsp3) is 0.544. The van der Waals surface area contributed by atoms with E-state index < -0.39 is 121 Å². The van der Waals surface area contributed by atoms with E-state index in [2.05, 4.69) is 26.1 Å². The number of benzene rings is 3. The number of amides is 1. The molecule has 11 atom stereocenters. The third-order valence-electron chi connectivity index (χ3n) is 16.5. The summed E-state index contributed by atoms with van der Waals surface area (Å²) in [6, 6.07) is 26.4. The lowest BCUT2D eigenvalue weighted by atomic mass is 9.44. The van der Waals surface area contributed by atoms with E-state index in [1.165, 1.54) is 13.8 Å². The van der Waals surface area contributed by atoms with Crippen LogP contribution >= 0.6 is 0 Å². The summed E-state index contributed by atoms with van der Waals surface area (Å²) in [5.74, 6) is -5.90. The summed E-state index contributed by atoms with van der Waals surface area (Å²) in [5.41, 5.74) is -6.13. The molecule has 3 fully saturated rings. The number of fused-ring (bicyclic) bond motifs is 5. The molecule has 2 N–H and O–H groups in total. The maximum Gasteiger partial charge on any atom is 0.338 e. The van der Waals surface area contributed by atoms with Gasteiger partial charge in [0.25, 0.3) is 5.91 Å². The van der Waals surface area contributed by atoms with Crippen molar-refractivity contribution in [2.24, 2.45) is 16.7 Å². The van der Waals surface area contributed by atoms with Gasteiger partial charge in [-0.15, -0.1) is 0 Å². The molecule has 17 heteroatoms. The van der Waals surface area contributed by atoms with Crippen molar-refractivity contribution in [2.45, 2.75) is 154 Å². The fourth-order valence-electron chi connectivity index (χ4n) is 12.2. The van der Waals surface area contributed by atoms with Crippen molar-refractivity contribution in [1.82, 2.24) is 5.32 Å². The van der Waals surface area contributed by atoms with Gasteiger partial charge in [-0.2, -0.15) is 0 Å². The third kappa shape index (κ3) is 10.4. The smallest absolute Gasteiger partial charge is 0.338 e. The van der Waals surface area contributed by atoms with Crippen LogP contribution in [-0.2, 0) is 56.8 Å². The molecule has 1 saturated heterocycles. The molecule has 0 aromatic heterocycles. The van der Waals surface area contributed by atoms with Crippen molar-refractivity contribution in [1.29, 1.82) is 0 Å². The number of ether oxygens (including phenoxy) is 7. The van der Waals surface area contributed by atoms with Crippen molar-refractivity contribution in [3.63, 3.8) is 0 Å². The molecule has 7 rings (SSSR count). The van der Waals surface area contributed by atoms with Crippen molar-refractivity contribution in [3.05, 3.63) is 119 Å². The van der Waals surface area contributed by atoms with Gasteiger partial charge in [0, 0.05) is 44.3 Å². The van der Waals surface area contributed by atoms with Crippen molar-refractivity contribution < 1.29 is 71.5 Å². The quantitative estimate of drug-likeness (QED) is 0.0363. The van der Waals surface area contributed by atoms with E-state index in [0.717, 1.165) is 0 Å². The molecule has 2 bridgehead atoms. The zero-order valence-electron chi connectivity index (χ0n) is 44.3. The Hall–Kier alpha value is -5.56. The first kappa shape index (κ1) is 56.2. The van der Waals surface area contributed by atoms with Gasteiger partial charge in [0.2, 0.25) is 0 Å². The van der Waals surface area contributed by atoms with Crippen LogP contribution in [0.5, 0.6) is 0 Å². The molecule has 0 unspecified atom stereocenters. The lowest BCUT2D eigenvalue weighted by Gasteiger charge is -2.68. The first-order chi connectivity index (χ1) is 35.2. The van der Waals surface area contributed by atoms with E-state index in [1.807, 2.05) is 6.92 Å². The van der Waals surface area contributed by atoms with Gasteiger partial charge in [-0.05, 0) is 79.9 Å². The number of aliphatic hydroxyl groups is 1. The highest BCUT2D eigenvalue weighted by molar-refractivity contribution is 6.73. The molecule has 400 valence electrons. The Morgan fingerprint density at radius 2 is 1.39 bits per heavy atom. The number of rotatable bonds is 20. The molecule has 2 saturated carbocycles. The number of hydrogen-bond acceptors (Lipinski definition) is 15. The maximum atomic E-state index is 16.5. The number of hydrogen-bond donors (Lipinski definition) is 2. The van der Waals surface area contributed by atoms with Crippen LogP contribution in [0.4, 0.5) is 0 Å². The molecular formula is C57H73NO15Si. The average Bonchev–Trinajstić information content (AvgIpc) is 3.38. The van der Waals surface area contributed by atoms with Crippen LogP contribution in [0.2, 0.25) is 18.1 Å². The molecule has 0 radical (unpaired) electrons. The van der Waals surface area contributed by atoms with Crippen LogP contribution < -0.4 is 5.32 Å². The molecule has 3 aromatic carbocycles. The number of carbonyl (C=O) groups excluding carboxylic acids is 6. The number of carbonyl (C=O) groups is 6. The second-order valence-electron chi connectivity index (χ2n) is 20.7. The van der Waals surface area contributed by atoms with Gasteiger partial charge >= 0.3 is 23.9 Å². The Kier molecular flexibility index (Phi) is 17.3. The molecule has 3 aromatic rings. The van der Waals surface area contributed by atoms with Crippen LogP contribution in [0, 0.1) is 16.7 Å². The average molecular weight is 1040 g/mol. The Balaban J connectivity index is 1.46. The first-order valence-electron chi connectivity index (χ1n) is 25.9. The van der Waals surface area contributed by atoms with Crippen LogP contribution in [0.15, 0.2) is 102 Å². The van der Waals surface area contributed by atoms with E-state index in [4.69, 9.17) is 37.6 Å². The second-order valence-corrected chi connectivity index (χ2v) is 25.5. The zero-order chi connectivity index (χ0) is 53.8. The van der Waals surface area contributed by atoms with Gasteiger partial charge in [-0.1, -0.05) is 101 Å². The number of ketones is 1. The van der Waals surface area contributed by atoms with Crippen LogP contribution in [0.25, 0.3) is 0 Å². The maximum absolute atomic E-state index is 16.5. The van der Waals surface area contributed by atoms with Crippen LogP contribution in [-0.4, -0.2) is 123 Å². The Labute approximate surface area is 435 Å². The lowest BCUT2D eigenvalue weighted by Crippen LogP contribution is -2.82. The SMILES string of the molecule is CCOCCO[C@@H](C(=O)O[C@H]1C[C@@]2(O)[C@@H](OC(=O)c3ccccc3)[C@@H]3[C@]4(OC(C)=O)CO[C@@H]4C[C@H](O[Si](CC)(CC)CC)[C@@]3(C)C(=O)[C@H](OC(C)=O)C(=C1C)C2(C)C)[C@@H](NC(=O)c1ccccc1)c1ccccc1. The summed E-state index contributed by atoms with van der Waals surface area (Å²) in [4.78, 5) is 87.7. The van der Waals surface area contributed by atoms with E-state index >= 15 is 9.59 Å². The predicted molar refractivity (Wildman–Crippen MR) is 274 cm³/mol. The lowest BCUT2D eigenvalue weighted by molar-refractivity contribution is -0.344. The molecule has 3 aliphatic carbocycles. The number of nitrogens with one attached hydrogen (secondary N) is 1. The van der Waals surface area contributed by atoms with Crippen molar-refractivity contribution in [3.8, 4) is 0 Å². The standard InChI is InChI=1S/C57H73NO15Si/c1-11-66-30-31-67-47(45(38-24-18-15-19-25-38)58-51(62)39-26-20-16-21-27-39)53(64)70-41-33-57(65)50(71-52(63)40-28-22-17-23-29-40)48-55(10,49(61)46(69-36(6)59)44(35(41)5)54(57,8)9)42(73-74(12-2,13-3)14-4)32-43-56(48,34-68-43)72-37(7)60/h15-29,41-43,45-48,50,65H,11-14,30-34H2,1-10H3,(H,58,62)/t41-,42-,43+,45-,46+,47+,48-,50-,55+,56-,57+/m0/s1. The summed E-state index contributed by atoms with van der Waals surface area (Å²) < 4.78 is 51.5. The van der Waals surface area contributed by atoms with Crippen LogP contribution in [0.1, 0.15) is 114 Å². The van der Waals surface area contributed by atoms with Gasteiger partial charge in [0.05, 0.1) is 48.9 Å². The number of Topliss-reactive ketones (excluding diaryl/α,β-unsaturated/α-hetero) is 1. The number of esters is 4. The Morgan fingerprint density at radius 3 is 1.93 bits per heavy atom. The van der Waals surface area contributed by atoms with E-state index in [1.54, 1.807) is 119 Å². The molecule has 1 amide bonds. The molecule has 1 aliphatic heterocycles. The second kappa shape index (κ2) is 22.7. The van der Waals surface area contributed by atoms with Crippen molar-refractivity contribution in [2.75, 3.05) is 26.4 Å². The Bertz CT molecular complexity index is 2540. The van der Waals surface area contributed by atoms with Gasteiger partial charge in [0.15, 0.2) is 31.9 Å². The zero-order valence-corrected chi connectivity index (χ0v) is 45.3. The van der Waals surface area contributed by atoms with E-state index in [-0.39, 0.29) is 43.0 Å². The molecule has 0 spiro atoms. The fourth-order valence-corrected chi connectivity index (χ4v) is 15.1. The van der Waals surface area contributed by atoms with Crippen LogP contribution in [0.3, 0.4) is 0 Å². The monoisotopic (exact) mass is 1040 g/mol. The van der Waals surface area contributed by atoms with Gasteiger partial charge < -0.3 is 48.0 Å². The molecular weight excluding hydrogens is 967 g/mol. The topological polar surface area (TPSA) is 209 Å². The molecule has 1 heterocycles. The summed E-state index contributed by atoms with van der Waals surface area (Å²) in [6.45, 7) is 17.2. The van der Waals surface area contributed by atoms with Gasteiger partial charge in [-0.25, -0.2) is 9.59 Å². The summed E-state index contributed by atoms with van der Waals surface area (Å²) in [5, 5.41) is 17.3. The van der Waals surface area contributed by atoms with E-state index in [0.29, 0.717) is 35.9 Å². The minimum Gasteiger partial charge on any atom is -0.456 e. The summed E-state index contributed by atoms with van der Waals surface area (Å²) in [6.07, 6.45) is -8.65. The summed E-state index contributed by atoms with van der Waals surface area (Å²) >= 11 is 0. The minimum atomic E-state index is -2.65. The minimum absolute atomic E-state index is 0.0844. The Morgan fingerprint density at radius 1 is 0.797 bits per heavy atom. The summed E-state index contributed by atoms with van der Waals surface area (Å²) in [7, 11) is -2.65. The predicted octanol–water partition coefficient (Wildman–Crippen LogP) is 7.83. The van der Waals surface area contributed by atoms with Crippen molar-refractivity contribution >= 4 is 43.9 Å². The highest BCUT2D eigenvalue weighted by Crippen LogP contribution is 2.65. The van der Waals surface area contributed by atoms with Gasteiger partial charge in [-0.3, -0.25) is 19.2 Å². The first-order valence-corrected chi connectivity index (χ1v) is 28.4. The third-order valence-corrected chi connectivity index (χ3v) is 21.1. The normalized spacial score (nSPS) is 28.9.